The maximum atomic E-state index is 15.0. The van der Waals surface area contributed by atoms with E-state index in [4.69, 9.17) is 21.8 Å². The highest BCUT2D eigenvalue weighted by molar-refractivity contribution is 7.91. The molecule has 8 nitrogen and oxygen atoms in total. The number of nitrogens with one attached hydrogen (secondary N) is 1. The highest BCUT2D eigenvalue weighted by Crippen LogP contribution is 2.37. The van der Waals surface area contributed by atoms with E-state index in [0.29, 0.717) is 11.9 Å². The summed E-state index contributed by atoms with van der Waals surface area (Å²) in [6.07, 6.45) is 0. The van der Waals surface area contributed by atoms with Crippen molar-refractivity contribution < 1.29 is 26.0 Å². The second kappa shape index (κ2) is 9.08. The molecule has 0 fully saturated rings. The van der Waals surface area contributed by atoms with Crippen molar-refractivity contribution in [2.45, 2.75) is 30.3 Å². The fraction of sp³-hybridized carbons (Fsp3) is 0.333. The molecule has 0 bridgehead atoms. The molecule has 3 N–H and O–H groups in total. The Morgan fingerprint density at radius 2 is 1.97 bits per heavy atom. The zero-order valence-corrected chi connectivity index (χ0v) is 19.5. The molecule has 3 aromatic rings. The molecule has 4 rings (SSSR count). The van der Waals surface area contributed by atoms with Gasteiger partial charge in [0.1, 0.15) is 5.82 Å². The summed E-state index contributed by atoms with van der Waals surface area (Å²) in [6.45, 7) is 0.416. The van der Waals surface area contributed by atoms with Crippen LogP contribution in [-0.4, -0.2) is 49.4 Å². The second-order valence-corrected chi connectivity index (χ2v) is 10.6. The number of halogens is 4. The Balaban J connectivity index is 1.75. The van der Waals surface area contributed by atoms with Crippen LogP contribution in [0, 0.1) is 5.82 Å². The van der Waals surface area contributed by atoms with Crippen molar-refractivity contribution in [3.63, 3.8) is 0 Å². The first-order valence-electron chi connectivity index (χ1n) is 10.2. The topological polar surface area (TPSA) is 114 Å². The lowest BCUT2D eigenvalue weighted by Gasteiger charge is -2.26. The average molecular weight is 516 g/mol. The van der Waals surface area contributed by atoms with Gasteiger partial charge in [-0.15, -0.1) is 5.10 Å². The molecule has 0 saturated heterocycles. The van der Waals surface area contributed by atoms with E-state index in [0.717, 1.165) is 11.6 Å². The predicted octanol–water partition coefficient (Wildman–Crippen LogP) is 3.72. The van der Waals surface area contributed by atoms with E-state index in [1.165, 1.54) is 6.07 Å². The van der Waals surface area contributed by atoms with Gasteiger partial charge in [0.15, 0.2) is 9.84 Å². The minimum Gasteiger partial charge on any atom is -0.403 e. The molecule has 0 radical (unpaired) electrons. The van der Waals surface area contributed by atoms with Gasteiger partial charge in [-0.1, -0.05) is 28.8 Å². The number of rotatable bonds is 6. The first-order chi connectivity index (χ1) is 15.9. The number of sulfone groups is 1. The smallest absolute Gasteiger partial charge is 0.315 e. The highest BCUT2D eigenvalue weighted by Gasteiger charge is 2.32. The van der Waals surface area contributed by atoms with Crippen molar-refractivity contribution in [2.24, 2.45) is 5.73 Å². The first kappa shape index (κ1) is 24.3. The molecule has 2 heterocycles. The van der Waals surface area contributed by atoms with Crippen molar-refractivity contribution in [1.82, 2.24) is 10.2 Å². The Hall–Kier alpha value is -2.83. The van der Waals surface area contributed by atoms with Crippen molar-refractivity contribution in [3.05, 3.63) is 52.8 Å². The van der Waals surface area contributed by atoms with Gasteiger partial charge < -0.3 is 20.4 Å². The minimum absolute atomic E-state index is 0.172. The lowest BCUT2D eigenvalue weighted by atomic mass is 10.1. The number of hydrogen-bond donors (Lipinski definition) is 2. The summed E-state index contributed by atoms with van der Waals surface area (Å²) < 4.78 is 72.3. The number of aromatic nitrogens is 2. The number of alkyl halides is 2. The van der Waals surface area contributed by atoms with E-state index in [-0.39, 0.29) is 46.9 Å². The van der Waals surface area contributed by atoms with Crippen LogP contribution in [0.25, 0.3) is 11.5 Å². The van der Waals surface area contributed by atoms with Gasteiger partial charge in [-0.2, -0.15) is 0 Å². The average Bonchev–Trinajstić information content (AvgIpc) is 3.18. The fourth-order valence-electron chi connectivity index (χ4n) is 3.60. The standard InChI is InChI=1S/C21H21ClF3N5O3S/c1-21(24,25)11-27-20-29-28-19(33-20)15-6-17-18(7-16(15)23)34(31,32)10-14(26)9-30(17)8-12-2-4-13(22)5-3-12/h2-7,14H,8-11,26H2,1H3,(H,27,29)/t14-/m1/s1. The third kappa shape index (κ3) is 5.45. The van der Waals surface area contributed by atoms with E-state index in [9.17, 15) is 17.2 Å². The maximum absolute atomic E-state index is 15.0. The molecule has 0 unspecified atom stereocenters. The summed E-state index contributed by atoms with van der Waals surface area (Å²) >= 11 is 5.95. The van der Waals surface area contributed by atoms with Gasteiger partial charge in [-0.25, -0.2) is 21.6 Å². The van der Waals surface area contributed by atoms with Crippen LogP contribution in [0.1, 0.15) is 12.5 Å². The number of fused-ring (bicyclic) bond motifs is 1. The van der Waals surface area contributed by atoms with Crippen LogP contribution in [0.15, 0.2) is 45.7 Å². The summed E-state index contributed by atoms with van der Waals surface area (Å²) in [5, 5.41) is 10.2. The number of hydrogen-bond acceptors (Lipinski definition) is 8. The summed E-state index contributed by atoms with van der Waals surface area (Å²) in [4.78, 5) is 1.52. The van der Waals surface area contributed by atoms with Crippen LogP contribution in [-0.2, 0) is 16.4 Å². The quantitative estimate of drug-likeness (QED) is 0.510. The second-order valence-electron chi connectivity index (χ2n) is 8.18. The third-order valence-electron chi connectivity index (χ3n) is 5.10. The molecular weight excluding hydrogens is 495 g/mol. The van der Waals surface area contributed by atoms with Crippen LogP contribution in [0.2, 0.25) is 5.02 Å². The molecule has 0 spiro atoms. The van der Waals surface area contributed by atoms with Crippen LogP contribution in [0.5, 0.6) is 0 Å². The minimum atomic E-state index is -3.89. The Morgan fingerprint density at radius 3 is 2.65 bits per heavy atom. The largest absolute Gasteiger partial charge is 0.403 e. The number of anilines is 2. The van der Waals surface area contributed by atoms with E-state index in [1.54, 1.807) is 29.2 Å². The van der Waals surface area contributed by atoms with Crippen molar-refractivity contribution in [3.8, 4) is 11.5 Å². The van der Waals surface area contributed by atoms with Crippen molar-refractivity contribution >= 4 is 33.1 Å². The van der Waals surface area contributed by atoms with E-state index in [1.807, 2.05) is 0 Å². The van der Waals surface area contributed by atoms with Gasteiger partial charge >= 0.3 is 6.01 Å². The Kier molecular flexibility index (Phi) is 6.49. The van der Waals surface area contributed by atoms with Crippen LogP contribution in [0.3, 0.4) is 0 Å². The SMILES string of the molecule is CC(F)(F)CNc1nnc(-c2cc3c(cc2F)S(=O)(=O)C[C@H](N)CN3Cc2ccc(Cl)cc2)o1. The molecule has 182 valence electrons. The Morgan fingerprint density at radius 1 is 1.26 bits per heavy atom. The molecule has 34 heavy (non-hydrogen) atoms. The third-order valence-corrected chi connectivity index (χ3v) is 7.22. The first-order valence-corrected chi connectivity index (χ1v) is 12.2. The van der Waals surface area contributed by atoms with Crippen LogP contribution in [0.4, 0.5) is 24.9 Å². The molecule has 1 aliphatic rings. The fourth-order valence-corrected chi connectivity index (χ4v) is 5.37. The molecule has 0 amide bonds. The number of benzene rings is 2. The van der Waals surface area contributed by atoms with E-state index >= 15 is 4.39 Å². The molecule has 1 atom stereocenters. The molecule has 0 aliphatic carbocycles. The van der Waals surface area contributed by atoms with Crippen molar-refractivity contribution in [1.29, 1.82) is 0 Å². The molecular formula is C21H21ClF3N5O3S. The lowest BCUT2D eigenvalue weighted by molar-refractivity contribution is 0.0362. The van der Waals surface area contributed by atoms with Gasteiger partial charge in [0.05, 0.1) is 28.4 Å². The Labute approximate surface area is 198 Å². The summed E-state index contributed by atoms with van der Waals surface area (Å²) in [5.41, 5.74) is 6.94. The van der Waals surface area contributed by atoms with Crippen molar-refractivity contribution in [2.75, 3.05) is 29.1 Å². The molecule has 13 heteroatoms. The molecule has 2 aromatic carbocycles. The molecule has 0 saturated carbocycles. The molecule has 1 aliphatic heterocycles. The van der Waals surface area contributed by atoms with Crippen LogP contribution < -0.4 is 16.0 Å². The zero-order valence-electron chi connectivity index (χ0n) is 17.9. The Bertz CT molecular complexity index is 1300. The van der Waals surface area contributed by atoms with Gasteiger partial charge in [-0.05, 0) is 29.8 Å². The molecule has 1 aromatic heterocycles. The van der Waals surface area contributed by atoms with Crippen LogP contribution >= 0.6 is 11.6 Å². The van der Waals surface area contributed by atoms with E-state index in [2.05, 4.69) is 15.5 Å². The zero-order chi connectivity index (χ0) is 24.7. The summed E-state index contributed by atoms with van der Waals surface area (Å²) in [6, 6.07) is 8.13. The normalized spacial score (nSPS) is 17.8. The van der Waals surface area contributed by atoms with Gasteiger partial charge in [-0.3, -0.25) is 0 Å². The van der Waals surface area contributed by atoms with Gasteiger partial charge in [0.25, 0.3) is 11.8 Å². The highest BCUT2D eigenvalue weighted by atomic mass is 35.5. The predicted molar refractivity (Wildman–Crippen MR) is 121 cm³/mol. The van der Waals surface area contributed by atoms with E-state index < -0.39 is 34.2 Å². The monoisotopic (exact) mass is 515 g/mol. The summed E-state index contributed by atoms with van der Waals surface area (Å²) in [7, 11) is -3.89. The maximum Gasteiger partial charge on any atom is 0.315 e. The van der Waals surface area contributed by atoms with Gasteiger partial charge in [0.2, 0.25) is 0 Å². The number of nitrogens with zero attached hydrogens (tertiary/aromatic N) is 3. The summed E-state index contributed by atoms with van der Waals surface area (Å²) in [5.74, 6) is -4.59. The lowest BCUT2D eigenvalue weighted by Crippen LogP contribution is -2.39. The number of nitrogens with two attached hydrogens (primary N) is 1. The van der Waals surface area contributed by atoms with Gasteiger partial charge in [0, 0.05) is 31.1 Å².